The standard InChI is InChI=1S/C29H22Cl3N3O2/c30-19-6-3-5-18(15-19)28-26-9-4-14-33(26)24-7-1-2-8-25(24)35(28)27(36)17-34(21-11-12-21)29(37)22-13-10-20(31)16-23(22)32/h1-10,13-16,21,28H,11-12,17H2/t28-/m1/s1. The van der Waals surface area contributed by atoms with Gasteiger partial charge in [0.1, 0.15) is 12.6 Å². The SMILES string of the molecule is O=C(c1ccc(Cl)cc1Cl)N(CC(=O)N1c2ccccc2-n2cccc2[C@H]1c1cccc(Cl)c1)C1CC1. The van der Waals surface area contributed by atoms with Gasteiger partial charge in [0.25, 0.3) is 5.91 Å². The molecule has 37 heavy (non-hydrogen) atoms. The number of benzene rings is 3. The fourth-order valence-electron chi connectivity index (χ4n) is 5.05. The van der Waals surface area contributed by atoms with Crippen LogP contribution in [-0.2, 0) is 4.79 Å². The minimum Gasteiger partial charge on any atom is -0.326 e. The Morgan fingerprint density at radius 2 is 1.59 bits per heavy atom. The Labute approximate surface area is 229 Å². The van der Waals surface area contributed by atoms with E-state index in [1.807, 2.05) is 66.9 Å². The summed E-state index contributed by atoms with van der Waals surface area (Å²) >= 11 is 18.8. The second-order valence-corrected chi connectivity index (χ2v) is 10.6. The van der Waals surface area contributed by atoms with Crippen LogP contribution in [0.4, 0.5) is 5.69 Å². The van der Waals surface area contributed by atoms with Gasteiger partial charge in [0.2, 0.25) is 5.91 Å². The van der Waals surface area contributed by atoms with E-state index in [0.717, 1.165) is 35.5 Å². The van der Waals surface area contributed by atoms with Crippen molar-refractivity contribution in [2.24, 2.45) is 0 Å². The van der Waals surface area contributed by atoms with Crippen LogP contribution in [0.15, 0.2) is 85.1 Å². The Morgan fingerprint density at radius 1 is 0.838 bits per heavy atom. The van der Waals surface area contributed by atoms with Crippen LogP contribution in [0.1, 0.15) is 40.5 Å². The Kier molecular flexibility index (Phi) is 6.23. The van der Waals surface area contributed by atoms with Gasteiger partial charge in [-0.05, 0) is 73.0 Å². The van der Waals surface area contributed by atoms with E-state index >= 15 is 0 Å². The van der Waals surface area contributed by atoms with Gasteiger partial charge in [-0.25, -0.2) is 0 Å². The zero-order chi connectivity index (χ0) is 25.7. The number of carbonyl (C=O) groups excluding carboxylic acids is 2. The maximum atomic E-state index is 14.2. The normalized spacial score (nSPS) is 16.2. The molecule has 0 unspecified atom stereocenters. The van der Waals surface area contributed by atoms with E-state index < -0.39 is 6.04 Å². The van der Waals surface area contributed by atoms with E-state index in [2.05, 4.69) is 4.57 Å². The van der Waals surface area contributed by atoms with Crippen molar-refractivity contribution in [3.8, 4) is 5.69 Å². The van der Waals surface area contributed by atoms with Crippen LogP contribution in [0.5, 0.6) is 0 Å². The van der Waals surface area contributed by atoms with Crippen LogP contribution < -0.4 is 4.90 Å². The van der Waals surface area contributed by atoms with E-state index in [4.69, 9.17) is 34.8 Å². The first-order valence-corrected chi connectivity index (χ1v) is 13.2. The summed E-state index contributed by atoms with van der Waals surface area (Å²) < 4.78 is 2.10. The van der Waals surface area contributed by atoms with Crippen LogP contribution in [0.3, 0.4) is 0 Å². The minimum atomic E-state index is -0.411. The summed E-state index contributed by atoms with van der Waals surface area (Å²) in [5, 5.41) is 1.32. The summed E-state index contributed by atoms with van der Waals surface area (Å²) in [7, 11) is 0. The molecule has 5 nitrogen and oxygen atoms in total. The lowest BCUT2D eigenvalue weighted by Gasteiger charge is -2.39. The summed E-state index contributed by atoms with van der Waals surface area (Å²) in [6, 6.07) is 23.7. The second-order valence-electron chi connectivity index (χ2n) is 9.30. The highest BCUT2D eigenvalue weighted by atomic mass is 35.5. The molecule has 0 N–H and O–H groups in total. The average Bonchev–Trinajstić information content (AvgIpc) is 3.61. The van der Waals surface area contributed by atoms with Gasteiger partial charge in [0.05, 0.1) is 27.7 Å². The van der Waals surface area contributed by atoms with E-state index in [0.29, 0.717) is 15.6 Å². The van der Waals surface area contributed by atoms with E-state index in [1.54, 1.807) is 28.0 Å². The van der Waals surface area contributed by atoms with E-state index in [9.17, 15) is 9.59 Å². The van der Waals surface area contributed by atoms with Crippen molar-refractivity contribution in [3.63, 3.8) is 0 Å². The lowest BCUT2D eigenvalue weighted by atomic mass is 9.97. The quantitative estimate of drug-likeness (QED) is 0.264. The summed E-state index contributed by atoms with van der Waals surface area (Å²) in [6.45, 7) is -0.0748. The third-order valence-corrected chi connectivity index (χ3v) is 7.65. The molecule has 1 fully saturated rings. The Hall–Kier alpha value is -3.25. The number of halogens is 3. The highest BCUT2D eigenvalue weighted by molar-refractivity contribution is 6.36. The van der Waals surface area contributed by atoms with Gasteiger partial charge in [0, 0.05) is 22.3 Å². The molecule has 1 aromatic heterocycles. The van der Waals surface area contributed by atoms with E-state index in [-0.39, 0.29) is 29.4 Å². The number of aromatic nitrogens is 1. The lowest BCUT2D eigenvalue weighted by molar-refractivity contribution is -0.119. The van der Waals surface area contributed by atoms with Gasteiger partial charge in [-0.1, -0.05) is 59.1 Å². The monoisotopic (exact) mass is 549 g/mol. The molecule has 2 amide bonds. The maximum Gasteiger partial charge on any atom is 0.256 e. The van der Waals surface area contributed by atoms with Crippen molar-refractivity contribution in [1.82, 2.24) is 9.47 Å². The Balaban J connectivity index is 1.41. The molecule has 0 bridgehead atoms. The van der Waals surface area contributed by atoms with Crippen molar-refractivity contribution in [2.45, 2.75) is 24.9 Å². The molecule has 1 aliphatic carbocycles. The molecular weight excluding hydrogens is 529 g/mol. The summed E-state index contributed by atoms with van der Waals surface area (Å²) in [5.41, 5.74) is 3.85. The molecule has 0 saturated heterocycles. The van der Waals surface area contributed by atoms with Gasteiger partial charge in [-0.2, -0.15) is 0 Å². The van der Waals surface area contributed by atoms with Crippen molar-refractivity contribution < 1.29 is 9.59 Å². The molecule has 2 heterocycles. The second kappa shape index (κ2) is 9.56. The molecule has 1 atom stereocenters. The number of para-hydroxylation sites is 2. The van der Waals surface area contributed by atoms with E-state index in [1.165, 1.54) is 0 Å². The zero-order valence-corrected chi connectivity index (χ0v) is 21.9. The fourth-order valence-corrected chi connectivity index (χ4v) is 5.73. The van der Waals surface area contributed by atoms with Crippen LogP contribution in [0.2, 0.25) is 15.1 Å². The number of amides is 2. The predicted octanol–water partition coefficient (Wildman–Crippen LogP) is 7.18. The van der Waals surface area contributed by atoms with Gasteiger partial charge in [-0.3, -0.25) is 14.5 Å². The van der Waals surface area contributed by atoms with Crippen LogP contribution in [0.25, 0.3) is 5.69 Å². The van der Waals surface area contributed by atoms with Crippen LogP contribution in [0, 0.1) is 0 Å². The third-order valence-electron chi connectivity index (χ3n) is 6.87. The Morgan fingerprint density at radius 3 is 2.32 bits per heavy atom. The summed E-state index contributed by atoms with van der Waals surface area (Å²) in [5.74, 6) is -0.458. The summed E-state index contributed by atoms with van der Waals surface area (Å²) in [6.07, 6.45) is 3.69. The van der Waals surface area contributed by atoms with Crippen LogP contribution in [-0.4, -0.2) is 33.9 Å². The average molecular weight is 551 g/mol. The molecule has 1 aliphatic heterocycles. The number of rotatable bonds is 5. The third kappa shape index (κ3) is 4.42. The molecule has 4 aromatic rings. The number of anilines is 1. The fraction of sp³-hybridized carbons (Fsp3) is 0.172. The molecule has 0 radical (unpaired) electrons. The molecule has 2 aliphatic rings. The number of carbonyl (C=O) groups is 2. The maximum absolute atomic E-state index is 14.2. The van der Waals surface area contributed by atoms with Crippen molar-refractivity contribution in [2.75, 3.05) is 11.4 Å². The highest BCUT2D eigenvalue weighted by Gasteiger charge is 2.40. The lowest BCUT2D eigenvalue weighted by Crippen LogP contribution is -2.47. The first-order chi connectivity index (χ1) is 17.9. The first-order valence-electron chi connectivity index (χ1n) is 12.0. The number of hydrogen-bond donors (Lipinski definition) is 0. The first kappa shape index (κ1) is 24.1. The van der Waals surface area contributed by atoms with Crippen molar-refractivity contribution in [3.05, 3.63) is 117 Å². The van der Waals surface area contributed by atoms with Gasteiger partial charge in [0.15, 0.2) is 0 Å². The molecule has 8 heteroatoms. The highest BCUT2D eigenvalue weighted by Crippen LogP contribution is 2.43. The van der Waals surface area contributed by atoms with Gasteiger partial charge >= 0.3 is 0 Å². The molecule has 6 rings (SSSR count). The largest absolute Gasteiger partial charge is 0.326 e. The van der Waals surface area contributed by atoms with Crippen molar-refractivity contribution >= 4 is 52.3 Å². The predicted molar refractivity (Wildman–Crippen MR) is 147 cm³/mol. The van der Waals surface area contributed by atoms with Gasteiger partial charge in [-0.15, -0.1) is 0 Å². The van der Waals surface area contributed by atoms with Gasteiger partial charge < -0.3 is 9.47 Å². The van der Waals surface area contributed by atoms with Crippen LogP contribution >= 0.6 is 34.8 Å². The number of fused-ring (bicyclic) bond motifs is 3. The molecule has 3 aromatic carbocycles. The molecule has 0 spiro atoms. The molecular formula is C29H22Cl3N3O2. The summed E-state index contributed by atoms with van der Waals surface area (Å²) in [4.78, 5) is 31.2. The molecule has 186 valence electrons. The zero-order valence-electron chi connectivity index (χ0n) is 19.7. The Bertz CT molecular complexity index is 1530. The minimum absolute atomic E-state index is 0.00305. The smallest absolute Gasteiger partial charge is 0.256 e. The molecule has 1 saturated carbocycles. The van der Waals surface area contributed by atoms with Crippen molar-refractivity contribution in [1.29, 1.82) is 0 Å². The number of hydrogen-bond acceptors (Lipinski definition) is 2. The topological polar surface area (TPSA) is 45.6 Å². The number of nitrogens with zero attached hydrogens (tertiary/aromatic N) is 3.